The predicted octanol–water partition coefficient (Wildman–Crippen LogP) is 4.35. The van der Waals surface area contributed by atoms with Crippen LogP contribution in [0.4, 0.5) is 5.69 Å². The number of rotatable bonds is 4. The first-order chi connectivity index (χ1) is 15.4. The molecule has 0 spiro atoms. The number of nitrogens with two attached hydrogens (primary N) is 1. The van der Waals surface area contributed by atoms with Gasteiger partial charge in [0.1, 0.15) is 0 Å². The Balaban J connectivity index is 1.63. The molecule has 1 atom stereocenters. The van der Waals surface area contributed by atoms with Crippen LogP contribution in [0.15, 0.2) is 42.5 Å². The second-order valence-electron chi connectivity index (χ2n) is 9.36. The van der Waals surface area contributed by atoms with Gasteiger partial charge in [0, 0.05) is 34.8 Å². The number of nitrogens with zero attached hydrogens (tertiary/aromatic N) is 1. The van der Waals surface area contributed by atoms with Crippen LogP contribution in [0.1, 0.15) is 59.9 Å². The Hall–Kier alpha value is -3.12. The molecule has 1 aliphatic carbocycles. The lowest BCUT2D eigenvalue weighted by molar-refractivity contribution is 0.0866. The lowest BCUT2D eigenvalue weighted by atomic mass is 9.91. The number of amides is 1. The van der Waals surface area contributed by atoms with E-state index in [1.54, 1.807) is 6.07 Å². The third-order valence-electron chi connectivity index (χ3n) is 6.92. The Kier molecular flexibility index (Phi) is 5.25. The minimum absolute atomic E-state index is 0.133. The van der Waals surface area contributed by atoms with Crippen LogP contribution in [0, 0.1) is 5.92 Å². The molecule has 1 aliphatic heterocycles. The van der Waals surface area contributed by atoms with Crippen LogP contribution >= 0.6 is 0 Å². The fourth-order valence-corrected chi connectivity index (χ4v) is 5.36. The maximum Gasteiger partial charge on any atom is 0.250 e. The number of nitrogens with one attached hydrogen (secondary N) is 1. The minimum atomic E-state index is -0.470. The summed E-state index contributed by atoms with van der Waals surface area (Å²) in [5.41, 5.74) is 10.9. The van der Waals surface area contributed by atoms with Crippen LogP contribution in [0.2, 0.25) is 0 Å². The second-order valence-corrected chi connectivity index (χ2v) is 9.36. The van der Waals surface area contributed by atoms with Crippen molar-refractivity contribution in [2.75, 3.05) is 5.32 Å². The van der Waals surface area contributed by atoms with Crippen molar-refractivity contribution in [3.63, 3.8) is 0 Å². The number of anilines is 1. The van der Waals surface area contributed by atoms with Crippen LogP contribution in [0.3, 0.4) is 0 Å². The second kappa shape index (κ2) is 8.10. The molecule has 1 unspecified atom stereocenters. The maximum atomic E-state index is 12.9. The number of carbonyl (C=O) groups excluding carboxylic acids is 2. The largest absolute Gasteiger partial charge is 0.393 e. The topological polar surface area (TPSA) is 97.4 Å². The van der Waals surface area contributed by atoms with E-state index in [0.717, 1.165) is 65.5 Å². The number of hydrogen-bond donors (Lipinski definition) is 3. The molecule has 166 valence electrons. The molecule has 2 aliphatic rings. The van der Waals surface area contributed by atoms with E-state index in [2.05, 4.69) is 18.3 Å². The molecule has 32 heavy (non-hydrogen) atoms. The van der Waals surface area contributed by atoms with Gasteiger partial charge in [-0.3, -0.25) is 14.2 Å². The van der Waals surface area contributed by atoms with E-state index < -0.39 is 5.91 Å². The molecule has 1 aromatic heterocycles. The van der Waals surface area contributed by atoms with Gasteiger partial charge in [0.05, 0.1) is 17.2 Å². The molecule has 1 fully saturated rings. The average molecular weight is 432 g/mol. The monoisotopic (exact) mass is 431 g/mol. The molecule has 0 radical (unpaired) electrons. The average Bonchev–Trinajstić information content (AvgIpc) is 3.09. The Labute approximate surface area is 187 Å². The molecule has 6 heteroatoms. The minimum Gasteiger partial charge on any atom is -0.393 e. The molecular formula is C26H29N3O3. The van der Waals surface area contributed by atoms with Crippen LogP contribution in [-0.2, 0) is 6.42 Å². The Morgan fingerprint density at radius 2 is 1.84 bits per heavy atom. The summed E-state index contributed by atoms with van der Waals surface area (Å²) in [6.07, 6.45) is 4.33. The van der Waals surface area contributed by atoms with Gasteiger partial charge in [-0.2, -0.15) is 0 Å². The molecule has 2 heterocycles. The first-order valence-corrected chi connectivity index (χ1v) is 11.5. The zero-order chi connectivity index (χ0) is 22.4. The number of primary amides is 1. The van der Waals surface area contributed by atoms with Gasteiger partial charge in [-0.25, -0.2) is 0 Å². The van der Waals surface area contributed by atoms with E-state index in [1.807, 2.05) is 34.9 Å². The number of aromatic nitrogens is 1. The molecular weight excluding hydrogens is 402 g/mol. The van der Waals surface area contributed by atoms with Gasteiger partial charge in [-0.1, -0.05) is 31.2 Å². The zero-order valence-electron chi connectivity index (χ0n) is 18.3. The smallest absolute Gasteiger partial charge is 0.250 e. The molecule has 0 saturated heterocycles. The molecule has 4 N–H and O–H groups in total. The lowest BCUT2D eigenvalue weighted by Crippen LogP contribution is -2.29. The highest BCUT2D eigenvalue weighted by molar-refractivity contribution is 6.06. The molecule has 0 bridgehead atoms. The first kappa shape index (κ1) is 20.8. The number of benzene rings is 2. The molecule has 5 rings (SSSR count). The molecule has 1 amide bonds. The third kappa shape index (κ3) is 3.58. The summed E-state index contributed by atoms with van der Waals surface area (Å²) in [5.74, 6) is -0.0502. The molecule has 6 nitrogen and oxygen atoms in total. The number of aliphatic hydroxyl groups is 1. The number of aliphatic hydroxyl groups excluding tert-OH is 1. The summed E-state index contributed by atoms with van der Waals surface area (Å²) in [6.45, 7) is 2.11. The van der Waals surface area contributed by atoms with E-state index >= 15 is 0 Å². The van der Waals surface area contributed by atoms with E-state index in [9.17, 15) is 14.7 Å². The van der Waals surface area contributed by atoms with Gasteiger partial charge < -0.3 is 16.2 Å². The highest BCUT2D eigenvalue weighted by atomic mass is 16.3. The highest BCUT2D eigenvalue weighted by Crippen LogP contribution is 2.40. The number of hydrogen-bond acceptors (Lipinski definition) is 4. The zero-order valence-corrected chi connectivity index (χ0v) is 18.3. The van der Waals surface area contributed by atoms with Crippen LogP contribution in [0.25, 0.3) is 22.0 Å². The SMILES string of the molecule is CC1CC(=O)n2c(c(-c3ccc(C(N)=O)c(NC4CCC(O)CC4)c3)c3ccccc32)C1. The first-order valence-electron chi connectivity index (χ1n) is 11.5. The standard InChI is InChI=1S/C26H29N3O3/c1-15-12-23-25(20-4-2-3-5-22(20)29(23)24(31)13-15)16-6-11-19(26(27)32)21(14-16)28-17-7-9-18(30)10-8-17/h2-6,11,14-15,17-18,28,30H,7-10,12-13H2,1H3,(H2,27,32). The van der Waals surface area contributed by atoms with Gasteiger partial charge in [-0.15, -0.1) is 0 Å². The van der Waals surface area contributed by atoms with Gasteiger partial charge in [0.25, 0.3) is 5.91 Å². The van der Waals surface area contributed by atoms with Crippen molar-refractivity contribution in [1.29, 1.82) is 0 Å². The van der Waals surface area contributed by atoms with Crippen LogP contribution in [0.5, 0.6) is 0 Å². The highest BCUT2D eigenvalue weighted by Gasteiger charge is 2.29. The van der Waals surface area contributed by atoms with Gasteiger partial charge >= 0.3 is 0 Å². The van der Waals surface area contributed by atoms with E-state index in [1.165, 1.54) is 0 Å². The van der Waals surface area contributed by atoms with Crippen molar-refractivity contribution in [3.05, 3.63) is 53.7 Å². The van der Waals surface area contributed by atoms with Crippen molar-refractivity contribution in [3.8, 4) is 11.1 Å². The summed E-state index contributed by atoms with van der Waals surface area (Å²) in [6, 6.07) is 13.9. The Morgan fingerprint density at radius 1 is 1.09 bits per heavy atom. The van der Waals surface area contributed by atoms with Gasteiger partial charge in [0.15, 0.2) is 0 Å². The summed E-state index contributed by atoms with van der Waals surface area (Å²) < 4.78 is 1.88. The van der Waals surface area contributed by atoms with E-state index in [4.69, 9.17) is 5.73 Å². The third-order valence-corrected chi connectivity index (χ3v) is 6.92. The van der Waals surface area contributed by atoms with Gasteiger partial charge in [-0.05, 0) is 61.8 Å². The lowest BCUT2D eigenvalue weighted by Gasteiger charge is -2.28. The Bertz CT molecular complexity index is 1200. The maximum absolute atomic E-state index is 12.9. The summed E-state index contributed by atoms with van der Waals surface area (Å²) >= 11 is 0. The Morgan fingerprint density at radius 3 is 2.59 bits per heavy atom. The van der Waals surface area contributed by atoms with Crippen molar-refractivity contribution >= 4 is 28.4 Å². The number of para-hydroxylation sites is 1. The quantitative estimate of drug-likeness (QED) is 0.572. The van der Waals surface area contributed by atoms with Crippen LogP contribution in [-0.4, -0.2) is 33.6 Å². The number of fused-ring (bicyclic) bond motifs is 3. The predicted molar refractivity (Wildman–Crippen MR) is 126 cm³/mol. The van der Waals surface area contributed by atoms with Crippen molar-refractivity contribution < 1.29 is 14.7 Å². The fraction of sp³-hybridized carbons (Fsp3) is 0.385. The van der Waals surface area contributed by atoms with Crippen LogP contribution < -0.4 is 11.1 Å². The van der Waals surface area contributed by atoms with Crippen molar-refractivity contribution in [2.24, 2.45) is 11.7 Å². The fourth-order valence-electron chi connectivity index (χ4n) is 5.36. The summed E-state index contributed by atoms with van der Waals surface area (Å²) in [5, 5.41) is 14.4. The van der Waals surface area contributed by atoms with Crippen molar-refractivity contribution in [1.82, 2.24) is 4.57 Å². The normalized spacial score (nSPS) is 23.2. The summed E-state index contributed by atoms with van der Waals surface area (Å²) in [4.78, 5) is 25.1. The summed E-state index contributed by atoms with van der Waals surface area (Å²) in [7, 11) is 0. The molecule has 1 saturated carbocycles. The van der Waals surface area contributed by atoms with E-state index in [0.29, 0.717) is 12.0 Å². The van der Waals surface area contributed by atoms with Crippen molar-refractivity contribution in [2.45, 2.75) is 57.6 Å². The van der Waals surface area contributed by atoms with Gasteiger partial charge in [0.2, 0.25) is 5.91 Å². The number of carbonyl (C=O) groups is 2. The molecule has 2 aromatic carbocycles. The van der Waals surface area contributed by atoms with E-state index in [-0.39, 0.29) is 24.0 Å². The molecule has 3 aromatic rings.